The highest BCUT2D eigenvalue weighted by Gasteiger charge is 2.52. The highest BCUT2D eigenvalue weighted by molar-refractivity contribution is 7.99. The smallest absolute Gasteiger partial charge is 0.0220 e. The molecular formula is C9H17NS. The van der Waals surface area contributed by atoms with Gasteiger partial charge in [0, 0.05) is 5.54 Å². The minimum atomic E-state index is 0.257. The van der Waals surface area contributed by atoms with E-state index in [1.807, 2.05) is 0 Å². The van der Waals surface area contributed by atoms with Gasteiger partial charge in [-0.15, -0.1) is 0 Å². The standard InChI is InChI=1S/C9H17NS/c1-7-5-9(7,10)8-3-2-4-11-6-8/h7-8H,2-6,10H2,1H3. The van der Waals surface area contributed by atoms with Gasteiger partial charge in [0.2, 0.25) is 0 Å². The third kappa shape index (κ3) is 1.31. The Hall–Kier alpha value is 0.310. The minimum Gasteiger partial charge on any atom is -0.325 e. The molecule has 11 heavy (non-hydrogen) atoms. The SMILES string of the molecule is CC1CC1(N)C1CCCSC1. The predicted molar refractivity (Wildman–Crippen MR) is 50.7 cm³/mol. The fraction of sp³-hybridized carbons (Fsp3) is 1.00. The van der Waals surface area contributed by atoms with Crippen LogP contribution in [-0.4, -0.2) is 17.0 Å². The molecule has 0 aromatic carbocycles. The van der Waals surface area contributed by atoms with Crippen molar-refractivity contribution in [3.63, 3.8) is 0 Å². The largest absolute Gasteiger partial charge is 0.325 e. The summed E-state index contributed by atoms with van der Waals surface area (Å²) in [5.74, 6) is 4.31. The molecule has 2 fully saturated rings. The zero-order valence-corrected chi connectivity index (χ0v) is 7.99. The van der Waals surface area contributed by atoms with Crippen LogP contribution in [0.2, 0.25) is 0 Å². The molecule has 1 saturated carbocycles. The van der Waals surface area contributed by atoms with E-state index >= 15 is 0 Å². The van der Waals surface area contributed by atoms with Crippen LogP contribution in [0, 0.1) is 11.8 Å². The van der Waals surface area contributed by atoms with Gasteiger partial charge >= 0.3 is 0 Å². The summed E-state index contributed by atoms with van der Waals surface area (Å²) in [7, 11) is 0. The van der Waals surface area contributed by atoms with E-state index in [1.54, 1.807) is 0 Å². The molecule has 0 aromatic heterocycles. The average Bonchev–Trinajstić information content (AvgIpc) is 2.64. The van der Waals surface area contributed by atoms with Gasteiger partial charge in [-0.25, -0.2) is 0 Å². The zero-order valence-electron chi connectivity index (χ0n) is 7.18. The topological polar surface area (TPSA) is 26.0 Å². The maximum Gasteiger partial charge on any atom is 0.0220 e. The molecule has 0 aromatic rings. The van der Waals surface area contributed by atoms with Crippen LogP contribution in [0.1, 0.15) is 26.2 Å². The van der Waals surface area contributed by atoms with Gasteiger partial charge in [0.05, 0.1) is 0 Å². The van der Waals surface area contributed by atoms with Crippen molar-refractivity contribution in [2.24, 2.45) is 17.6 Å². The van der Waals surface area contributed by atoms with E-state index in [0.29, 0.717) is 0 Å². The molecule has 2 N–H and O–H groups in total. The number of thioether (sulfide) groups is 1. The quantitative estimate of drug-likeness (QED) is 0.652. The molecule has 64 valence electrons. The lowest BCUT2D eigenvalue weighted by Crippen LogP contribution is -2.37. The molecule has 1 aliphatic heterocycles. The minimum absolute atomic E-state index is 0.257. The Bertz CT molecular complexity index is 154. The molecule has 2 rings (SSSR count). The lowest BCUT2D eigenvalue weighted by Gasteiger charge is -2.27. The molecule has 1 nitrogen and oxygen atoms in total. The van der Waals surface area contributed by atoms with Crippen LogP contribution in [0.3, 0.4) is 0 Å². The second-order valence-corrected chi connectivity index (χ2v) is 5.28. The molecule has 1 heterocycles. The lowest BCUT2D eigenvalue weighted by atomic mass is 9.93. The first-order chi connectivity index (χ1) is 5.23. The summed E-state index contributed by atoms with van der Waals surface area (Å²) >= 11 is 2.09. The molecule has 3 unspecified atom stereocenters. The Morgan fingerprint density at radius 1 is 1.55 bits per heavy atom. The highest BCUT2D eigenvalue weighted by atomic mass is 32.2. The van der Waals surface area contributed by atoms with Crippen molar-refractivity contribution in [2.75, 3.05) is 11.5 Å². The van der Waals surface area contributed by atoms with Crippen LogP contribution in [0.15, 0.2) is 0 Å². The van der Waals surface area contributed by atoms with Crippen LogP contribution in [-0.2, 0) is 0 Å². The van der Waals surface area contributed by atoms with E-state index in [9.17, 15) is 0 Å². The Kier molecular flexibility index (Phi) is 1.92. The van der Waals surface area contributed by atoms with E-state index in [1.165, 1.54) is 30.8 Å². The van der Waals surface area contributed by atoms with Crippen LogP contribution >= 0.6 is 11.8 Å². The summed E-state index contributed by atoms with van der Waals surface area (Å²) < 4.78 is 0. The predicted octanol–water partition coefficient (Wildman–Crippen LogP) is 1.87. The molecule has 0 amide bonds. The summed E-state index contributed by atoms with van der Waals surface area (Å²) in [5.41, 5.74) is 6.51. The maximum atomic E-state index is 6.25. The third-order valence-electron chi connectivity index (χ3n) is 3.34. The molecule has 0 spiro atoms. The van der Waals surface area contributed by atoms with Gasteiger partial charge in [-0.05, 0) is 42.6 Å². The lowest BCUT2D eigenvalue weighted by molar-refractivity contribution is 0.385. The Balaban J connectivity index is 1.94. The van der Waals surface area contributed by atoms with Crippen molar-refractivity contribution in [3.8, 4) is 0 Å². The normalized spacial score (nSPS) is 50.7. The van der Waals surface area contributed by atoms with Crippen LogP contribution in [0.4, 0.5) is 0 Å². The number of nitrogens with two attached hydrogens (primary N) is 1. The molecule has 2 heteroatoms. The second-order valence-electron chi connectivity index (χ2n) is 4.13. The van der Waals surface area contributed by atoms with Gasteiger partial charge in [-0.2, -0.15) is 11.8 Å². The molecular weight excluding hydrogens is 154 g/mol. The fourth-order valence-electron chi connectivity index (χ4n) is 2.21. The van der Waals surface area contributed by atoms with Crippen molar-refractivity contribution in [2.45, 2.75) is 31.7 Å². The summed E-state index contributed by atoms with van der Waals surface area (Å²) in [6, 6.07) is 0. The summed E-state index contributed by atoms with van der Waals surface area (Å²) in [5, 5.41) is 0. The number of hydrogen-bond donors (Lipinski definition) is 1. The summed E-state index contributed by atoms with van der Waals surface area (Å²) in [6.07, 6.45) is 4.05. The van der Waals surface area contributed by atoms with Crippen molar-refractivity contribution >= 4 is 11.8 Å². The summed E-state index contributed by atoms with van der Waals surface area (Å²) in [6.45, 7) is 2.29. The van der Waals surface area contributed by atoms with Crippen molar-refractivity contribution in [3.05, 3.63) is 0 Å². The highest BCUT2D eigenvalue weighted by Crippen LogP contribution is 2.49. The van der Waals surface area contributed by atoms with Gasteiger partial charge in [-0.3, -0.25) is 0 Å². The van der Waals surface area contributed by atoms with Crippen LogP contribution < -0.4 is 5.73 Å². The van der Waals surface area contributed by atoms with Crippen LogP contribution in [0.5, 0.6) is 0 Å². The van der Waals surface area contributed by atoms with E-state index in [-0.39, 0.29) is 5.54 Å². The van der Waals surface area contributed by atoms with E-state index in [0.717, 1.165) is 11.8 Å². The summed E-state index contributed by atoms with van der Waals surface area (Å²) in [4.78, 5) is 0. The van der Waals surface area contributed by atoms with Crippen molar-refractivity contribution < 1.29 is 0 Å². The average molecular weight is 171 g/mol. The van der Waals surface area contributed by atoms with Gasteiger partial charge in [0.15, 0.2) is 0 Å². The first kappa shape index (κ1) is 7.93. The number of hydrogen-bond acceptors (Lipinski definition) is 2. The van der Waals surface area contributed by atoms with Gasteiger partial charge in [0.1, 0.15) is 0 Å². The third-order valence-corrected chi connectivity index (χ3v) is 4.55. The zero-order chi connectivity index (χ0) is 7.90. The van der Waals surface area contributed by atoms with Crippen molar-refractivity contribution in [1.82, 2.24) is 0 Å². The Morgan fingerprint density at radius 3 is 2.73 bits per heavy atom. The fourth-order valence-corrected chi connectivity index (χ4v) is 3.50. The maximum absolute atomic E-state index is 6.25. The van der Waals surface area contributed by atoms with E-state index < -0.39 is 0 Å². The van der Waals surface area contributed by atoms with Gasteiger partial charge < -0.3 is 5.73 Å². The van der Waals surface area contributed by atoms with Gasteiger partial charge in [0.25, 0.3) is 0 Å². The molecule has 0 radical (unpaired) electrons. The first-order valence-corrected chi connectivity index (χ1v) is 5.75. The second kappa shape index (κ2) is 2.67. The van der Waals surface area contributed by atoms with E-state index in [4.69, 9.17) is 5.73 Å². The number of rotatable bonds is 1. The Morgan fingerprint density at radius 2 is 2.27 bits per heavy atom. The van der Waals surface area contributed by atoms with Crippen molar-refractivity contribution in [1.29, 1.82) is 0 Å². The van der Waals surface area contributed by atoms with Gasteiger partial charge in [-0.1, -0.05) is 6.92 Å². The van der Waals surface area contributed by atoms with Crippen LogP contribution in [0.25, 0.3) is 0 Å². The molecule has 3 atom stereocenters. The molecule has 0 bridgehead atoms. The monoisotopic (exact) mass is 171 g/mol. The van der Waals surface area contributed by atoms with E-state index in [2.05, 4.69) is 18.7 Å². The molecule has 2 aliphatic rings. The molecule has 1 saturated heterocycles. The Labute approximate surface area is 73.1 Å². The molecule has 1 aliphatic carbocycles. The first-order valence-electron chi connectivity index (χ1n) is 4.60.